The molecule has 0 atom stereocenters. The maximum absolute atomic E-state index is 5.07. The summed E-state index contributed by atoms with van der Waals surface area (Å²) < 4.78 is 0. The first-order valence-electron chi connectivity index (χ1n) is 9.91. The molecule has 0 unspecified atom stereocenters. The highest BCUT2D eigenvalue weighted by atomic mass is 14.7. The lowest BCUT2D eigenvalue weighted by Gasteiger charge is -2.12. The Balaban J connectivity index is 1.76. The van der Waals surface area contributed by atoms with Gasteiger partial charge in [-0.05, 0) is 41.0 Å². The van der Waals surface area contributed by atoms with Crippen LogP contribution in [0.3, 0.4) is 0 Å². The highest BCUT2D eigenvalue weighted by Gasteiger charge is 2.11. The molecule has 5 rings (SSSR count). The second kappa shape index (κ2) is 7.37. The van der Waals surface area contributed by atoms with Gasteiger partial charge in [-0.1, -0.05) is 103 Å². The van der Waals surface area contributed by atoms with Crippen LogP contribution < -0.4 is 0 Å². The zero-order valence-corrected chi connectivity index (χ0v) is 16.3. The maximum atomic E-state index is 5.07. The molecule has 0 amide bonds. The fraction of sp³-hybridized carbons (Fsp3) is 0.0357. The van der Waals surface area contributed by atoms with Gasteiger partial charge in [0.2, 0.25) is 0 Å². The largest absolute Gasteiger partial charge is 0.248 e. The monoisotopic (exact) mass is 371 g/mol. The van der Waals surface area contributed by atoms with Crippen molar-refractivity contribution >= 4 is 10.8 Å². The molecule has 0 radical (unpaired) electrons. The second-order valence-electron chi connectivity index (χ2n) is 7.39. The van der Waals surface area contributed by atoms with E-state index in [1.807, 2.05) is 6.07 Å². The third-order valence-electron chi connectivity index (χ3n) is 5.35. The van der Waals surface area contributed by atoms with E-state index in [2.05, 4.69) is 110 Å². The predicted molar refractivity (Wildman–Crippen MR) is 123 cm³/mol. The van der Waals surface area contributed by atoms with Crippen LogP contribution in [0.5, 0.6) is 0 Å². The average molecular weight is 371 g/mol. The molecule has 5 aromatic rings. The summed E-state index contributed by atoms with van der Waals surface area (Å²) in [5.41, 5.74) is 7.93. The third kappa shape index (κ3) is 3.43. The van der Waals surface area contributed by atoms with Crippen LogP contribution >= 0.6 is 0 Å². The van der Waals surface area contributed by atoms with Gasteiger partial charge in [0, 0.05) is 11.1 Å². The van der Waals surface area contributed by atoms with Crippen molar-refractivity contribution in [2.45, 2.75) is 6.92 Å². The molecular weight excluding hydrogens is 350 g/mol. The van der Waals surface area contributed by atoms with E-state index in [1.165, 1.54) is 27.5 Å². The summed E-state index contributed by atoms with van der Waals surface area (Å²) in [6, 6.07) is 38.4. The van der Waals surface area contributed by atoms with Crippen molar-refractivity contribution in [2.24, 2.45) is 0 Å². The molecule has 4 aromatic carbocycles. The minimum atomic E-state index is 0.992. The Hall–Kier alpha value is -3.71. The van der Waals surface area contributed by atoms with Crippen LogP contribution in [0.1, 0.15) is 5.56 Å². The minimum Gasteiger partial charge on any atom is -0.248 e. The number of rotatable bonds is 3. The highest BCUT2D eigenvalue weighted by Crippen LogP contribution is 2.33. The third-order valence-corrected chi connectivity index (χ3v) is 5.35. The predicted octanol–water partition coefficient (Wildman–Crippen LogP) is 7.54. The van der Waals surface area contributed by atoms with Gasteiger partial charge in [0.1, 0.15) is 0 Å². The Labute approximate surface area is 171 Å². The molecule has 0 aliphatic heterocycles. The van der Waals surface area contributed by atoms with E-state index in [9.17, 15) is 0 Å². The van der Waals surface area contributed by atoms with Crippen molar-refractivity contribution in [1.29, 1.82) is 0 Å². The first-order chi connectivity index (χ1) is 14.3. The Kier molecular flexibility index (Phi) is 4.42. The van der Waals surface area contributed by atoms with Gasteiger partial charge in [-0.15, -0.1) is 0 Å². The molecule has 0 bridgehead atoms. The van der Waals surface area contributed by atoms with Crippen molar-refractivity contribution in [3.05, 3.63) is 115 Å². The van der Waals surface area contributed by atoms with Crippen LogP contribution in [0, 0.1) is 6.92 Å². The molecule has 1 heteroatoms. The van der Waals surface area contributed by atoms with E-state index < -0.39 is 0 Å². The molecule has 1 nitrogen and oxygen atoms in total. The van der Waals surface area contributed by atoms with Crippen molar-refractivity contribution in [3.8, 4) is 33.6 Å². The van der Waals surface area contributed by atoms with Gasteiger partial charge in [0.05, 0.1) is 11.4 Å². The van der Waals surface area contributed by atoms with Gasteiger partial charge in [-0.25, -0.2) is 4.98 Å². The average Bonchev–Trinajstić information content (AvgIpc) is 2.79. The van der Waals surface area contributed by atoms with Gasteiger partial charge in [0.25, 0.3) is 0 Å². The molecule has 0 aliphatic carbocycles. The second-order valence-corrected chi connectivity index (χ2v) is 7.39. The van der Waals surface area contributed by atoms with E-state index in [-0.39, 0.29) is 0 Å². The molecule has 0 aliphatic rings. The van der Waals surface area contributed by atoms with Gasteiger partial charge >= 0.3 is 0 Å². The molecule has 138 valence electrons. The number of benzene rings is 4. The van der Waals surface area contributed by atoms with Crippen molar-refractivity contribution in [1.82, 2.24) is 4.98 Å². The lowest BCUT2D eigenvalue weighted by Crippen LogP contribution is -1.92. The molecule has 0 saturated heterocycles. The Bertz CT molecular complexity index is 1280. The number of aromatic nitrogens is 1. The van der Waals surface area contributed by atoms with Crippen LogP contribution in [-0.4, -0.2) is 4.98 Å². The van der Waals surface area contributed by atoms with Crippen molar-refractivity contribution in [3.63, 3.8) is 0 Å². The molecule has 0 N–H and O–H groups in total. The fourth-order valence-electron chi connectivity index (χ4n) is 3.79. The van der Waals surface area contributed by atoms with Crippen molar-refractivity contribution < 1.29 is 0 Å². The van der Waals surface area contributed by atoms with Crippen LogP contribution in [0.25, 0.3) is 44.4 Å². The van der Waals surface area contributed by atoms with Crippen molar-refractivity contribution in [2.75, 3.05) is 0 Å². The number of fused-ring (bicyclic) bond motifs is 1. The van der Waals surface area contributed by atoms with Crippen LogP contribution in [-0.2, 0) is 0 Å². The molecular formula is C28H21N. The lowest BCUT2D eigenvalue weighted by molar-refractivity contribution is 1.33. The summed E-state index contributed by atoms with van der Waals surface area (Å²) in [6.45, 7) is 2.12. The number of nitrogens with zero attached hydrogens (tertiary/aromatic N) is 1. The zero-order chi connectivity index (χ0) is 19.6. The summed E-state index contributed by atoms with van der Waals surface area (Å²) in [4.78, 5) is 5.07. The SMILES string of the molecule is Cc1ccc(-c2cc(-c3ccccc3)nc(-c3cccc4ccccc34)c2)cc1. The summed E-state index contributed by atoms with van der Waals surface area (Å²) in [7, 11) is 0. The first-order valence-corrected chi connectivity index (χ1v) is 9.91. The normalized spacial score (nSPS) is 10.9. The molecule has 1 aromatic heterocycles. The standard InChI is InChI=1S/C28H21N/c1-20-14-16-21(17-15-20)24-18-27(23-9-3-2-4-10-23)29-28(19-24)26-13-7-11-22-8-5-6-12-25(22)26/h2-19H,1H3. The Morgan fingerprint density at radius 2 is 1.21 bits per heavy atom. The quantitative estimate of drug-likeness (QED) is 0.319. The van der Waals surface area contributed by atoms with Gasteiger partial charge < -0.3 is 0 Å². The van der Waals surface area contributed by atoms with Crippen LogP contribution in [0.4, 0.5) is 0 Å². The van der Waals surface area contributed by atoms with E-state index in [1.54, 1.807) is 0 Å². The molecule has 0 saturated carbocycles. The van der Waals surface area contributed by atoms with Crippen LogP contribution in [0.2, 0.25) is 0 Å². The summed E-state index contributed by atoms with van der Waals surface area (Å²) >= 11 is 0. The molecule has 0 spiro atoms. The van der Waals surface area contributed by atoms with Gasteiger partial charge in [-0.2, -0.15) is 0 Å². The lowest BCUT2D eigenvalue weighted by atomic mass is 9.97. The summed E-state index contributed by atoms with van der Waals surface area (Å²) in [6.07, 6.45) is 0. The van der Waals surface area contributed by atoms with E-state index in [4.69, 9.17) is 4.98 Å². The number of hydrogen-bond donors (Lipinski definition) is 0. The first kappa shape index (κ1) is 17.4. The minimum absolute atomic E-state index is 0.992. The van der Waals surface area contributed by atoms with E-state index in [0.717, 1.165) is 22.5 Å². The van der Waals surface area contributed by atoms with Crippen LogP contribution in [0.15, 0.2) is 109 Å². The van der Waals surface area contributed by atoms with Gasteiger partial charge in [0.15, 0.2) is 0 Å². The Morgan fingerprint density at radius 3 is 2.03 bits per heavy atom. The van der Waals surface area contributed by atoms with E-state index in [0.29, 0.717) is 0 Å². The molecule has 0 fully saturated rings. The number of pyridine rings is 1. The zero-order valence-electron chi connectivity index (χ0n) is 16.3. The van der Waals surface area contributed by atoms with E-state index >= 15 is 0 Å². The molecule has 29 heavy (non-hydrogen) atoms. The fourth-order valence-corrected chi connectivity index (χ4v) is 3.79. The topological polar surface area (TPSA) is 12.9 Å². The Morgan fingerprint density at radius 1 is 0.517 bits per heavy atom. The maximum Gasteiger partial charge on any atom is 0.0721 e. The smallest absolute Gasteiger partial charge is 0.0721 e. The summed E-state index contributed by atoms with van der Waals surface area (Å²) in [5, 5.41) is 2.45. The molecule has 1 heterocycles. The highest BCUT2D eigenvalue weighted by molar-refractivity contribution is 5.96. The number of aryl methyl sites for hydroxylation is 1. The number of hydrogen-bond acceptors (Lipinski definition) is 1. The summed E-state index contributed by atoms with van der Waals surface area (Å²) in [5.74, 6) is 0. The van der Waals surface area contributed by atoms with Gasteiger partial charge in [-0.3, -0.25) is 0 Å².